The summed E-state index contributed by atoms with van der Waals surface area (Å²) in [7, 11) is 3.34. The number of nitrogens with one attached hydrogen (secondary N) is 1. The Morgan fingerprint density at radius 3 is 2.13 bits per heavy atom. The van der Waals surface area contributed by atoms with E-state index >= 15 is 0 Å². The summed E-state index contributed by atoms with van der Waals surface area (Å²) in [6.45, 7) is 3.82. The molecule has 0 unspecified atom stereocenters. The van der Waals surface area contributed by atoms with Crippen LogP contribution in [0.4, 0.5) is 0 Å². The molecule has 0 aliphatic carbocycles. The van der Waals surface area contributed by atoms with E-state index in [1.807, 2.05) is 26.0 Å². The van der Waals surface area contributed by atoms with Gasteiger partial charge in [0.25, 0.3) is 11.8 Å². The van der Waals surface area contributed by atoms with Crippen LogP contribution in [0.5, 0.6) is 5.75 Å². The maximum atomic E-state index is 12.2. The van der Waals surface area contributed by atoms with Crippen molar-refractivity contribution in [3.8, 4) is 5.75 Å². The monoisotopic (exact) mass is 315 g/mol. The van der Waals surface area contributed by atoms with Crippen molar-refractivity contribution in [1.82, 2.24) is 9.58 Å². The quantitative estimate of drug-likeness (QED) is 0.917. The minimum atomic E-state index is -0.205. The zero-order chi connectivity index (χ0) is 17.0. The molecule has 1 aromatic heterocycles. The predicted molar refractivity (Wildman–Crippen MR) is 88.2 cm³/mol. The van der Waals surface area contributed by atoms with Gasteiger partial charge in [-0.3, -0.25) is 19.7 Å². The number of carbonyl (C=O) groups is 2. The maximum absolute atomic E-state index is 12.2. The topological polar surface area (TPSA) is 63.6 Å². The maximum Gasteiger partial charge on any atom is 0.270 e. The Morgan fingerprint density at radius 1 is 1.04 bits per heavy atom. The lowest BCUT2D eigenvalue weighted by Gasteiger charge is -2.13. The van der Waals surface area contributed by atoms with Crippen LogP contribution >= 0.6 is 0 Å². The van der Waals surface area contributed by atoms with Crippen molar-refractivity contribution in [2.45, 2.75) is 13.8 Å². The fourth-order valence-corrected chi connectivity index (χ4v) is 1.99. The zero-order valence-electron chi connectivity index (χ0n) is 13.8. The van der Waals surface area contributed by atoms with E-state index in [2.05, 4.69) is 5.43 Å². The summed E-state index contributed by atoms with van der Waals surface area (Å²) in [5, 5.41) is 0. The minimum absolute atomic E-state index is 0.0275. The van der Waals surface area contributed by atoms with Gasteiger partial charge in [0, 0.05) is 31.0 Å². The van der Waals surface area contributed by atoms with Crippen LogP contribution in [0.3, 0.4) is 0 Å². The lowest BCUT2D eigenvalue weighted by atomic mass is 10.2. The lowest BCUT2D eigenvalue weighted by Crippen LogP contribution is -2.27. The van der Waals surface area contributed by atoms with E-state index in [0.717, 1.165) is 11.4 Å². The predicted octanol–water partition coefficient (Wildman–Crippen LogP) is 1.96. The molecule has 0 saturated heterocycles. The molecule has 1 aromatic carbocycles. The fourth-order valence-electron chi connectivity index (χ4n) is 1.99. The number of hydrogen-bond acceptors (Lipinski definition) is 3. The Kier molecular flexibility index (Phi) is 5.05. The van der Waals surface area contributed by atoms with Gasteiger partial charge in [-0.05, 0) is 50.2 Å². The Balaban J connectivity index is 1.99. The molecule has 0 radical (unpaired) electrons. The van der Waals surface area contributed by atoms with Gasteiger partial charge in [-0.1, -0.05) is 0 Å². The van der Waals surface area contributed by atoms with Gasteiger partial charge in [-0.25, -0.2) is 0 Å². The summed E-state index contributed by atoms with van der Waals surface area (Å²) in [4.78, 5) is 25.2. The van der Waals surface area contributed by atoms with Gasteiger partial charge < -0.3 is 9.64 Å². The van der Waals surface area contributed by atoms with Crippen molar-refractivity contribution in [3.63, 3.8) is 0 Å². The van der Waals surface area contributed by atoms with Crippen molar-refractivity contribution >= 4 is 11.8 Å². The van der Waals surface area contributed by atoms with Crippen molar-refractivity contribution < 1.29 is 14.3 Å². The largest absolute Gasteiger partial charge is 0.484 e. The number of aromatic nitrogens is 1. The molecule has 6 nitrogen and oxygen atoms in total. The van der Waals surface area contributed by atoms with Gasteiger partial charge in [0.15, 0.2) is 6.61 Å². The molecule has 2 amide bonds. The molecule has 0 saturated carbocycles. The van der Waals surface area contributed by atoms with Crippen LogP contribution < -0.4 is 10.2 Å². The molecule has 0 aliphatic heterocycles. The van der Waals surface area contributed by atoms with Gasteiger partial charge in [-0.15, -0.1) is 0 Å². The minimum Gasteiger partial charge on any atom is -0.484 e. The van der Waals surface area contributed by atoms with E-state index < -0.39 is 0 Å². The van der Waals surface area contributed by atoms with Crippen LogP contribution in [0.15, 0.2) is 36.4 Å². The smallest absolute Gasteiger partial charge is 0.270 e. The van der Waals surface area contributed by atoms with E-state index in [9.17, 15) is 9.59 Å². The van der Waals surface area contributed by atoms with Crippen LogP contribution in [0.1, 0.15) is 21.7 Å². The number of carbonyl (C=O) groups excluding carboxylic acids is 2. The second-order valence-electron chi connectivity index (χ2n) is 5.49. The highest BCUT2D eigenvalue weighted by molar-refractivity contribution is 6.00. The third-order valence-electron chi connectivity index (χ3n) is 3.46. The fraction of sp³-hybridized carbons (Fsp3) is 0.294. The van der Waals surface area contributed by atoms with E-state index in [-0.39, 0.29) is 18.4 Å². The van der Waals surface area contributed by atoms with Crippen molar-refractivity contribution in [2.24, 2.45) is 0 Å². The molecule has 1 heterocycles. The highest BCUT2D eigenvalue weighted by Crippen LogP contribution is 2.13. The first kappa shape index (κ1) is 16.6. The van der Waals surface area contributed by atoms with Crippen LogP contribution in [0.25, 0.3) is 0 Å². The standard InChI is InChI=1S/C17H21N3O3/c1-12-5-6-13(2)20(12)18-17(22)14-7-9-15(10-8-14)23-11-16(21)19(3)4/h5-10H,11H2,1-4H3,(H,18,22). The summed E-state index contributed by atoms with van der Waals surface area (Å²) in [5.41, 5.74) is 5.27. The molecular formula is C17H21N3O3. The van der Waals surface area contributed by atoms with E-state index in [0.29, 0.717) is 11.3 Å². The number of amides is 2. The molecule has 0 bridgehead atoms. The molecule has 2 rings (SSSR count). The first-order chi connectivity index (χ1) is 10.9. The first-order valence-corrected chi connectivity index (χ1v) is 7.28. The summed E-state index contributed by atoms with van der Waals surface area (Å²) in [5.74, 6) is 0.221. The second kappa shape index (κ2) is 7.00. The Bertz CT molecular complexity index is 683. The molecule has 0 aliphatic rings. The average molecular weight is 315 g/mol. The van der Waals surface area contributed by atoms with Crippen LogP contribution in [-0.4, -0.2) is 42.1 Å². The molecule has 0 atom stereocenters. The summed E-state index contributed by atoms with van der Waals surface area (Å²) in [6, 6.07) is 10.6. The summed E-state index contributed by atoms with van der Waals surface area (Å²) in [6.07, 6.45) is 0. The number of ether oxygens (including phenoxy) is 1. The van der Waals surface area contributed by atoms with Crippen molar-refractivity contribution in [1.29, 1.82) is 0 Å². The van der Waals surface area contributed by atoms with Crippen LogP contribution in [-0.2, 0) is 4.79 Å². The van der Waals surface area contributed by atoms with E-state index in [1.54, 1.807) is 43.0 Å². The molecule has 23 heavy (non-hydrogen) atoms. The Hall–Kier alpha value is -2.76. The van der Waals surface area contributed by atoms with Gasteiger partial charge in [0.05, 0.1) is 0 Å². The van der Waals surface area contributed by atoms with Gasteiger partial charge in [0.2, 0.25) is 0 Å². The van der Waals surface area contributed by atoms with E-state index in [1.165, 1.54) is 4.90 Å². The third kappa shape index (κ3) is 4.12. The number of hydrogen-bond donors (Lipinski definition) is 1. The summed E-state index contributed by atoms with van der Waals surface area (Å²) >= 11 is 0. The second-order valence-corrected chi connectivity index (χ2v) is 5.49. The normalized spacial score (nSPS) is 10.3. The Labute approximate surface area is 135 Å². The molecule has 1 N–H and O–H groups in total. The number of rotatable bonds is 5. The molecule has 122 valence electrons. The SMILES string of the molecule is Cc1ccc(C)n1NC(=O)c1ccc(OCC(=O)N(C)C)cc1. The number of nitrogens with zero attached hydrogens (tertiary/aromatic N) is 2. The molecular weight excluding hydrogens is 294 g/mol. The lowest BCUT2D eigenvalue weighted by molar-refractivity contribution is -0.130. The van der Waals surface area contributed by atoms with Gasteiger partial charge in [-0.2, -0.15) is 0 Å². The number of benzene rings is 1. The van der Waals surface area contributed by atoms with E-state index in [4.69, 9.17) is 4.74 Å². The Morgan fingerprint density at radius 2 is 1.61 bits per heavy atom. The van der Waals surface area contributed by atoms with Crippen LogP contribution in [0.2, 0.25) is 0 Å². The summed E-state index contributed by atoms with van der Waals surface area (Å²) < 4.78 is 7.12. The first-order valence-electron chi connectivity index (χ1n) is 7.28. The molecule has 6 heteroatoms. The van der Waals surface area contributed by atoms with Crippen molar-refractivity contribution in [2.75, 3.05) is 26.1 Å². The number of likely N-dealkylation sites (N-methyl/N-ethyl adjacent to an activating group) is 1. The zero-order valence-corrected chi connectivity index (χ0v) is 13.8. The third-order valence-corrected chi connectivity index (χ3v) is 3.46. The average Bonchev–Trinajstić information content (AvgIpc) is 2.84. The van der Waals surface area contributed by atoms with Crippen LogP contribution in [0, 0.1) is 13.8 Å². The molecule has 2 aromatic rings. The molecule has 0 fully saturated rings. The molecule has 0 spiro atoms. The number of aryl methyl sites for hydroxylation is 2. The van der Waals surface area contributed by atoms with Crippen molar-refractivity contribution in [3.05, 3.63) is 53.3 Å². The van der Waals surface area contributed by atoms with Gasteiger partial charge in [0.1, 0.15) is 5.75 Å². The highest BCUT2D eigenvalue weighted by Gasteiger charge is 2.10. The highest BCUT2D eigenvalue weighted by atomic mass is 16.5. The van der Waals surface area contributed by atoms with Gasteiger partial charge >= 0.3 is 0 Å².